The molecule has 2 unspecified atom stereocenters. The predicted molar refractivity (Wildman–Crippen MR) is 77.3 cm³/mol. The van der Waals surface area contributed by atoms with Gasteiger partial charge in [-0.3, -0.25) is 0 Å². The third kappa shape index (κ3) is 2.60. The average molecular weight is 284 g/mol. The molecule has 0 saturated heterocycles. The van der Waals surface area contributed by atoms with Gasteiger partial charge >= 0.3 is 0 Å². The Bertz CT molecular complexity index is 506. The van der Waals surface area contributed by atoms with Gasteiger partial charge < -0.3 is 10.3 Å². The molecule has 5 heteroatoms. The van der Waals surface area contributed by atoms with Gasteiger partial charge in [0.05, 0.1) is 10.4 Å². The van der Waals surface area contributed by atoms with Gasteiger partial charge in [-0.1, -0.05) is 25.4 Å². The molecule has 0 aliphatic rings. The molecule has 18 heavy (non-hydrogen) atoms. The third-order valence-corrected chi connectivity index (χ3v) is 4.43. The zero-order chi connectivity index (χ0) is 13.1. The first-order valence-electron chi connectivity index (χ1n) is 6.19. The van der Waals surface area contributed by atoms with E-state index in [4.69, 9.17) is 17.3 Å². The Morgan fingerprint density at radius 3 is 2.78 bits per heavy atom. The highest BCUT2D eigenvalue weighted by atomic mass is 35.5. The van der Waals surface area contributed by atoms with Gasteiger partial charge in [0.2, 0.25) is 0 Å². The highest BCUT2D eigenvalue weighted by Gasteiger charge is 2.23. The van der Waals surface area contributed by atoms with Gasteiger partial charge in [0.15, 0.2) is 0 Å². The molecule has 98 valence electrons. The molecule has 2 aromatic rings. The maximum atomic E-state index is 6.29. The summed E-state index contributed by atoms with van der Waals surface area (Å²) < 4.78 is 2.98. The standard InChI is InChI=1S/C13H18ClN3S/c1-3-9(15)13(10-5-6-11(14)18-10)17-8-7-16-12(17)4-2/h5-9,13H,3-4,15H2,1-2H3. The van der Waals surface area contributed by atoms with Crippen LogP contribution < -0.4 is 5.73 Å². The molecule has 3 nitrogen and oxygen atoms in total. The van der Waals surface area contributed by atoms with Crippen LogP contribution in [0.15, 0.2) is 24.5 Å². The lowest BCUT2D eigenvalue weighted by atomic mass is 10.0. The zero-order valence-electron chi connectivity index (χ0n) is 10.6. The number of rotatable bonds is 5. The van der Waals surface area contributed by atoms with E-state index in [1.807, 2.05) is 18.5 Å². The quantitative estimate of drug-likeness (QED) is 0.913. The van der Waals surface area contributed by atoms with E-state index in [0.717, 1.165) is 23.0 Å². The Labute approximate surface area is 117 Å². The smallest absolute Gasteiger partial charge is 0.108 e. The summed E-state index contributed by atoms with van der Waals surface area (Å²) in [6.45, 7) is 4.21. The van der Waals surface area contributed by atoms with Crippen molar-refractivity contribution in [2.45, 2.75) is 38.8 Å². The van der Waals surface area contributed by atoms with E-state index in [9.17, 15) is 0 Å². The summed E-state index contributed by atoms with van der Waals surface area (Å²) in [5.41, 5.74) is 6.29. The van der Waals surface area contributed by atoms with Gasteiger partial charge in [0.1, 0.15) is 5.82 Å². The van der Waals surface area contributed by atoms with E-state index < -0.39 is 0 Å². The van der Waals surface area contributed by atoms with E-state index in [1.54, 1.807) is 11.3 Å². The van der Waals surface area contributed by atoms with Crippen LogP contribution in [-0.4, -0.2) is 15.6 Å². The fraction of sp³-hybridized carbons (Fsp3) is 0.462. The van der Waals surface area contributed by atoms with Crippen molar-refractivity contribution in [2.24, 2.45) is 5.73 Å². The fourth-order valence-corrected chi connectivity index (χ4v) is 3.37. The van der Waals surface area contributed by atoms with Crippen LogP contribution in [0.1, 0.15) is 37.0 Å². The molecule has 0 aromatic carbocycles. The number of thiophene rings is 1. The Morgan fingerprint density at radius 2 is 2.22 bits per heavy atom. The average Bonchev–Trinajstić information content (AvgIpc) is 2.99. The van der Waals surface area contributed by atoms with Crippen molar-refractivity contribution in [1.82, 2.24) is 9.55 Å². The van der Waals surface area contributed by atoms with Crippen LogP contribution >= 0.6 is 22.9 Å². The van der Waals surface area contributed by atoms with Crippen LogP contribution in [0.5, 0.6) is 0 Å². The van der Waals surface area contributed by atoms with Crippen molar-refractivity contribution in [3.8, 4) is 0 Å². The number of imidazole rings is 1. The van der Waals surface area contributed by atoms with Crippen LogP contribution in [0.4, 0.5) is 0 Å². The first-order valence-corrected chi connectivity index (χ1v) is 7.39. The molecule has 0 spiro atoms. The first-order chi connectivity index (χ1) is 8.67. The number of nitrogens with zero attached hydrogens (tertiary/aromatic N) is 2. The zero-order valence-corrected chi connectivity index (χ0v) is 12.2. The van der Waals surface area contributed by atoms with Gasteiger partial charge in [0.25, 0.3) is 0 Å². The maximum Gasteiger partial charge on any atom is 0.108 e. The fourth-order valence-electron chi connectivity index (χ4n) is 2.14. The lowest BCUT2D eigenvalue weighted by molar-refractivity contribution is 0.453. The third-order valence-electron chi connectivity index (χ3n) is 3.13. The second-order valence-corrected chi connectivity index (χ2v) is 6.01. The van der Waals surface area contributed by atoms with Crippen LogP contribution in [0, 0.1) is 0 Å². The molecule has 2 N–H and O–H groups in total. The second-order valence-electron chi connectivity index (χ2n) is 4.26. The number of aryl methyl sites for hydroxylation is 1. The second kappa shape index (κ2) is 5.87. The number of nitrogens with two attached hydrogens (primary N) is 1. The summed E-state index contributed by atoms with van der Waals surface area (Å²) in [7, 11) is 0. The maximum absolute atomic E-state index is 6.29. The molecule has 0 saturated carbocycles. The largest absolute Gasteiger partial charge is 0.326 e. The van der Waals surface area contributed by atoms with Crippen LogP contribution in [0.2, 0.25) is 4.34 Å². The minimum atomic E-state index is 0.0687. The topological polar surface area (TPSA) is 43.8 Å². The Morgan fingerprint density at radius 1 is 1.44 bits per heavy atom. The summed E-state index contributed by atoms with van der Waals surface area (Å²) in [6, 6.07) is 4.19. The van der Waals surface area contributed by atoms with Crippen molar-refractivity contribution in [1.29, 1.82) is 0 Å². The van der Waals surface area contributed by atoms with E-state index in [1.165, 1.54) is 4.88 Å². The summed E-state index contributed by atoms with van der Waals surface area (Å²) in [5.74, 6) is 1.06. The summed E-state index contributed by atoms with van der Waals surface area (Å²) >= 11 is 7.63. The number of halogens is 1. The Hall–Kier alpha value is -0.840. The molecule has 2 rings (SSSR count). The molecule has 2 atom stereocenters. The molecular formula is C13H18ClN3S. The Kier molecular flexibility index (Phi) is 4.43. The summed E-state index contributed by atoms with van der Waals surface area (Å²) in [4.78, 5) is 5.58. The lowest BCUT2D eigenvalue weighted by Crippen LogP contribution is -2.32. The summed E-state index contributed by atoms with van der Waals surface area (Å²) in [5, 5.41) is 0. The van der Waals surface area contributed by atoms with E-state index in [-0.39, 0.29) is 12.1 Å². The normalized spacial score (nSPS) is 14.7. The molecule has 0 aliphatic carbocycles. The van der Waals surface area contributed by atoms with Crippen LogP contribution in [-0.2, 0) is 6.42 Å². The molecular weight excluding hydrogens is 266 g/mol. The molecule has 2 aromatic heterocycles. The lowest BCUT2D eigenvalue weighted by Gasteiger charge is -2.25. The Balaban J connectivity index is 2.43. The van der Waals surface area contributed by atoms with E-state index >= 15 is 0 Å². The molecule has 2 heterocycles. The summed E-state index contributed by atoms with van der Waals surface area (Å²) in [6.07, 6.45) is 5.66. The predicted octanol–water partition coefficient (Wildman–Crippen LogP) is 3.49. The number of aromatic nitrogens is 2. The minimum absolute atomic E-state index is 0.0687. The number of hydrogen-bond acceptors (Lipinski definition) is 3. The van der Waals surface area contributed by atoms with Crippen molar-refractivity contribution in [3.63, 3.8) is 0 Å². The van der Waals surface area contributed by atoms with Crippen molar-refractivity contribution >= 4 is 22.9 Å². The molecule has 0 bridgehead atoms. The van der Waals surface area contributed by atoms with Gasteiger partial charge in [-0.15, -0.1) is 11.3 Å². The van der Waals surface area contributed by atoms with E-state index in [2.05, 4.69) is 29.5 Å². The van der Waals surface area contributed by atoms with Crippen molar-refractivity contribution in [3.05, 3.63) is 39.6 Å². The molecule has 0 radical (unpaired) electrons. The van der Waals surface area contributed by atoms with Crippen molar-refractivity contribution < 1.29 is 0 Å². The van der Waals surface area contributed by atoms with Crippen LogP contribution in [0.25, 0.3) is 0 Å². The van der Waals surface area contributed by atoms with Crippen molar-refractivity contribution in [2.75, 3.05) is 0 Å². The van der Waals surface area contributed by atoms with Gasteiger partial charge in [0, 0.05) is 29.7 Å². The van der Waals surface area contributed by atoms with Gasteiger partial charge in [-0.25, -0.2) is 4.98 Å². The molecule has 0 fully saturated rings. The highest BCUT2D eigenvalue weighted by molar-refractivity contribution is 7.16. The molecule has 0 aliphatic heterocycles. The monoisotopic (exact) mass is 283 g/mol. The SMILES string of the molecule is CCc1nccn1C(c1ccc(Cl)s1)C(N)CC. The van der Waals surface area contributed by atoms with Gasteiger partial charge in [-0.2, -0.15) is 0 Å². The first kappa shape index (κ1) is 13.6. The molecule has 0 amide bonds. The van der Waals surface area contributed by atoms with E-state index in [0.29, 0.717) is 0 Å². The van der Waals surface area contributed by atoms with Crippen LogP contribution in [0.3, 0.4) is 0 Å². The highest BCUT2D eigenvalue weighted by Crippen LogP contribution is 2.32. The number of hydrogen-bond donors (Lipinski definition) is 1. The minimum Gasteiger partial charge on any atom is -0.326 e. The van der Waals surface area contributed by atoms with Gasteiger partial charge in [-0.05, 0) is 18.6 Å².